The van der Waals surface area contributed by atoms with Crippen molar-refractivity contribution in [3.8, 4) is 0 Å². The summed E-state index contributed by atoms with van der Waals surface area (Å²) >= 11 is -0.463. The van der Waals surface area contributed by atoms with Crippen LogP contribution in [0.4, 0.5) is 0 Å². The molecule has 0 heterocycles. The summed E-state index contributed by atoms with van der Waals surface area (Å²) in [6.07, 6.45) is 20.2. The molecule has 0 aliphatic heterocycles. The van der Waals surface area contributed by atoms with Crippen LogP contribution < -0.4 is 24.8 Å². The Kier molecular flexibility index (Phi) is 12.2. The number of rotatable bonds is 8. The Morgan fingerprint density at radius 3 is 1.62 bits per heavy atom. The Hall–Kier alpha value is 0.423. The summed E-state index contributed by atoms with van der Waals surface area (Å²) in [7, 11) is 0. The van der Waals surface area contributed by atoms with Crippen LogP contribution in [0.25, 0.3) is 0 Å². The van der Waals surface area contributed by atoms with E-state index < -0.39 is 23.2 Å². The van der Waals surface area contributed by atoms with Gasteiger partial charge in [0.15, 0.2) is 0 Å². The van der Waals surface area contributed by atoms with E-state index in [9.17, 15) is 0 Å². The van der Waals surface area contributed by atoms with Crippen molar-refractivity contribution in [3.05, 3.63) is 42.0 Å². The standard InChI is InChI=1S/2C9H13.2ClH.Zr/c2*1-2-3-6-9-7-4-5-8-9;;;/h2*4,7H,2-3,5-6H2,1H3;2*1H;/q;;;;+2/p-2. The van der Waals surface area contributed by atoms with Gasteiger partial charge in [-0.15, -0.1) is 0 Å². The van der Waals surface area contributed by atoms with Crippen molar-refractivity contribution in [1.29, 1.82) is 0 Å². The van der Waals surface area contributed by atoms with Gasteiger partial charge in [-0.1, -0.05) is 0 Å². The molecular weight excluding hydrogens is 378 g/mol. The summed E-state index contributed by atoms with van der Waals surface area (Å²) < 4.78 is 3.73. The van der Waals surface area contributed by atoms with Gasteiger partial charge >= 0.3 is 130 Å². The van der Waals surface area contributed by atoms with Crippen molar-refractivity contribution < 1.29 is 48.0 Å². The fraction of sp³-hybridized carbons (Fsp3) is 0.556. The number of allylic oxidation sites excluding steroid dienone is 8. The van der Waals surface area contributed by atoms with Gasteiger partial charge in [-0.25, -0.2) is 0 Å². The summed E-state index contributed by atoms with van der Waals surface area (Å²) in [5, 5.41) is 0. The van der Waals surface area contributed by atoms with Crippen molar-refractivity contribution in [3.63, 3.8) is 0 Å². The Morgan fingerprint density at radius 1 is 0.810 bits per heavy atom. The summed E-state index contributed by atoms with van der Waals surface area (Å²) in [6.45, 7) is 4.59. The van der Waals surface area contributed by atoms with Crippen LogP contribution in [-0.2, 0) is 23.2 Å². The minimum absolute atomic E-state index is 0. The number of halogens is 2. The Balaban J connectivity index is 0.00000200. The van der Waals surface area contributed by atoms with Gasteiger partial charge in [0.25, 0.3) is 0 Å². The fourth-order valence-electron chi connectivity index (χ4n) is 2.75. The third-order valence-electron chi connectivity index (χ3n) is 3.96. The van der Waals surface area contributed by atoms with Crippen LogP contribution in [0.2, 0.25) is 0 Å². The Morgan fingerprint density at radius 2 is 1.24 bits per heavy atom. The maximum Gasteiger partial charge on any atom is -1.00 e. The first kappa shape index (κ1) is 21.4. The smallest absolute Gasteiger partial charge is 1.00 e. The van der Waals surface area contributed by atoms with Gasteiger partial charge in [-0.2, -0.15) is 0 Å². The van der Waals surface area contributed by atoms with Crippen molar-refractivity contribution >= 4 is 0 Å². The molecule has 0 amide bonds. The Bertz CT molecular complexity index is 390. The van der Waals surface area contributed by atoms with E-state index in [1.165, 1.54) is 51.4 Å². The second kappa shape index (κ2) is 11.9. The van der Waals surface area contributed by atoms with E-state index in [2.05, 4.69) is 38.2 Å². The molecule has 0 fully saturated rings. The van der Waals surface area contributed by atoms with E-state index >= 15 is 0 Å². The molecule has 0 radical (unpaired) electrons. The molecule has 0 saturated heterocycles. The predicted octanol–water partition coefficient (Wildman–Crippen LogP) is -0.115. The molecule has 0 nitrogen and oxygen atoms in total. The van der Waals surface area contributed by atoms with Gasteiger partial charge in [0.1, 0.15) is 0 Å². The van der Waals surface area contributed by atoms with E-state index in [1.54, 1.807) is 11.1 Å². The van der Waals surface area contributed by atoms with E-state index in [-0.39, 0.29) is 24.8 Å². The van der Waals surface area contributed by atoms with Crippen LogP contribution in [0.15, 0.2) is 42.0 Å². The monoisotopic (exact) mass is 402 g/mol. The zero-order valence-electron chi connectivity index (χ0n) is 13.2. The maximum atomic E-state index is 2.42. The van der Waals surface area contributed by atoms with Crippen LogP contribution in [0.1, 0.15) is 65.2 Å². The summed E-state index contributed by atoms with van der Waals surface area (Å²) in [5.41, 5.74) is 3.42. The van der Waals surface area contributed by atoms with Crippen molar-refractivity contribution in [2.45, 2.75) is 65.2 Å². The minimum Gasteiger partial charge on any atom is -1.00 e. The second-order valence-corrected chi connectivity index (χ2v) is 9.13. The van der Waals surface area contributed by atoms with Crippen LogP contribution >= 0.6 is 0 Å². The van der Waals surface area contributed by atoms with Crippen LogP contribution in [0, 0.1) is 0 Å². The van der Waals surface area contributed by atoms with Crippen LogP contribution in [0.3, 0.4) is 0 Å². The molecule has 0 bridgehead atoms. The zero-order valence-corrected chi connectivity index (χ0v) is 17.2. The molecule has 0 N–H and O–H groups in total. The van der Waals surface area contributed by atoms with Crippen molar-refractivity contribution in [2.24, 2.45) is 0 Å². The van der Waals surface area contributed by atoms with Crippen molar-refractivity contribution in [2.75, 3.05) is 0 Å². The zero-order chi connectivity index (χ0) is 13.5. The van der Waals surface area contributed by atoms with Gasteiger partial charge in [0, 0.05) is 0 Å². The van der Waals surface area contributed by atoms with Gasteiger partial charge in [-0.3, -0.25) is 0 Å². The normalized spacial score (nSPS) is 16.1. The second-order valence-electron chi connectivity index (χ2n) is 5.55. The summed E-state index contributed by atoms with van der Waals surface area (Å²) in [4.78, 5) is 0. The molecule has 3 heteroatoms. The van der Waals surface area contributed by atoms with E-state index in [0.717, 1.165) is 0 Å². The van der Waals surface area contributed by atoms with E-state index in [4.69, 9.17) is 0 Å². The van der Waals surface area contributed by atoms with Gasteiger partial charge in [0.2, 0.25) is 0 Å². The third-order valence-corrected chi connectivity index (χ3v) is 8.02. The van der Waals surface area contributed by atoms with E-state index in [0.29, 0.717) is 0 Å². The van der Waals surface area contributed by atoms with Gasteiger partial charge in [0.05, 0.1) is 0 Å². The molecule has 21 heavy (non-hydrogen) atoms. The molecule has 116 valence electrons. The first-order valence-corrected chi connectivity index (χ1v) is 10.3. The topological polar surface area (TPSA) is 0 Å². The molecule has 2 aliphatic carbocycles. The fourth-order valence-corrected chi connectivity index (χ4v) is 6.54. The van der Waals surface area contributed by atoms with Gasteiger partial charge < -0.3 is 24.8 Å². The molecule has 2 rings (SSSR count). The molecule has 2 aliphatic rings. The van der Waals surface area contributed by atoms with Crippen LogP contribution in [-0.4, -0.2) is 0 Å². The number of hydrogen-bond donors (Lipinski definition) is 0. The maximum absolute atomic E-state index is 2.42. The Labute approximate surface area is 154 Å². The summed E-state index contributed by atoms with van der Waals surface area (Å²) in [6, 6.07) is 0. The van der Waals surface area contributed by atoms with Gasteiger partial charge in [-0.05, 0) is 0 Å². The first-order chi connectivity index (χ1) is 9.35. The summed E-state index contributed by atoms with van der Waals surface area (Å²) in [5.74, 6) is 0. The molecule has 0 saturated carbocycles. The van der Waals surface area contributed by atoms with Crippen molar-refractivity contribution in [1.82, 2.24) is 0 Å². The molecule has 0 spiro atoms. The van der Waals surface area contributed by atoms with E-state index in [1.807, 2.05) is 6.56 Å². The predicted molar refractivity (Wildman–Crippen MR) is 80.6 cm³/mol. The molecule has 0 aromatic rings. The SMILES string of the molecule is CCCCC1=[C]([Zr+2][C]2=C(CCCC)C=CC2)CC=C1.[Cl-].[Cl-]. The number of hydrogen-bond acceptors (Lipinski definition) is 0. The number of unbranched alkanes of at least 4 members (excludes halogenated alkanes) is 2. The minimum atomic E-state index is -0.463. The first-order valence-electron chi connectivity index (χ1n) is 7.89. The third kappa shape index (κ3) is 6.59. The quantitative estimate of drug-likeness (QED) is 0.530. The molecule has 0 unspecified atom stereocenters. The molecule has 0 aromatic heterocycles. The largest absolute Gasteiger partial charge is 1.00 e. The molecular formula is C18H26Cl2Zr. The average Bonchev–Trinajstić information content (AvgIpc) is 3.04. The van der Waals surface area contributed by atoms with Crippen LogP contribution in [0.5, 0.6) is 0 Å². The average molecular weight is 405 g/mol. The molecule has 0 atom stereocenters. The molecule has 0 aromatic carbocycles.